The number of nitrogens with one attached hydrogen (secondary N) is 2. The predicted octanol–water partition coefficient (Wildman–Crippen LogP) is 2.82. The number of nitrogens with zero attached hydrogens (tertiary/aromatic N) is 1. The van der Waals surface area contributed by atoms with Crippen LogP contribution in [0.25, 0.3) is 0 Å². The first-order valence-corrected chi connectivity index (χ1v) is 6.79. The van der Waals surface area contributed by atoms with Gasteiger partial charge in [0.25, 0.3) is 0 Å². The molecule has 3 nitrogen and oxygen atoms in total. The van der Waals surface area contributed by atoms with Gasteiger partial charge in [0.05, 0.1) is 6.20 Å². The summed E-state index contributed by atoms with van der Waals surface area (Å²) in [6.45, 7) is 7.98. The molecule has 0 radical (unpaired) electrons. The number of aromatic nitrogens is 2. The maximum atomic E-state index is 4.05. The molecule has 0 aliphatic heterocycles. The topological polar surface area (TPSA) is 40.7 Å². The molecular weight excluding hydrogens is 210 g/mol. The van der Waals surface area contributed by atoms with Crippen LogP contribution >= 0.6 is 0 Å². The van der Waals surface area contributed by atoms with E-state index in [9.17, 15) is 0 Å². The van der Waals surface area contributed by atoms with E-state index < -0.39 is 0 Å². The van der Waals surface area contributed by atoms with Gasteiger partial charge >= 0.3 is 0 Å². The highest BCUT2D eigenvalue weighted by Gasteiger charge is 2.30. The van der Waals surface area contributed by atoms with Crippen LogP contribution in [0.4, 0.5) is 0 Å². The van der Waals surface area contributed by atoms with Crippen molar-refractivity contribution >= 4 is 0 Å². The molecule has 1 aromatic heterocycles. The van der Waals surface area contributed by atoms with E-state index in [1.54, 1.807) is 0 Å². The van der Waals surface area contributed by atoms with Gasteiger partial charge in [0.1, 0.15) is 0 Å². The van der Waals surface area contributed by atoms with E-state index in [2.05, 4.69) is 36.3 Å². The first-order valence-electron chi connectivity index (χ1n) is 6.79. The van der Waals surface area contributed by atoms with Gasteiger partial charge in [-0.2, -0.15) is 5.10 Å². The molecule has 0 saturated heterocycles. The van der Waals surface area contributed by atoms with Gasteiger partial charge in [-0.15, -0.1) is 0 Å². The van der Waals surface area contributed by atoms with E-state index in [0.717, 1.165) is 19.0 Å². The van der Waals surface area contributed by atoms with Crippen molar-refractivity contribution in [1.82, 2.24) is 15.5 Å². The first-order chi connectivity index (χ1) is 8.07. The molecule has 0 spiro atoms. The summed E-state index contributed by atoms with van der Waals surface area (Å²) < 4.78 is 0. The summed E-state index contributed by atoms with van der Waals surface area (Å²) in [6.07, 6.45) is 8.33. The van der Waals surface area contributed by atoms with E-state index in [4.69, 9.17) is 0 Å². The predicted molar refractivity (Wildman–Crippen MR) is 71.1 cm³/mol. The Hall–Kier alpha value is -0.830. The molecule has 2 rings (SSSR count). The van der Waals surface area contributed by atoms with Crippen molar-refractivity contribution < 1.29 is 0 Å². The molecule has 0 amide bonds. The van der Waals surface area contributed by atoms with Gasteiger partial charge in [-0.05, 0) is 56.6 Å². The number of hydrogen-bond acceptors (Lipinski definition) is 2. The normalized spacial score (nSPS) is 23.1. The Labute approximate surface area is 104 Å². The molecular formula is C14H25N3. The number of aromatic amines is 1. The smallest absolute Gasteiger partial charge is 0.0522 e. The molecule has 1 saturated carbocycles. The summed E-state index contributed by atoms with van der Waals surface area (Å²) in [4.78, 5) is 0. The molecule has 1 fully saturated rings. The minimum atomic E-state index is 0.554. The molecule has 0 aromatic carbocycles. The van der Waals surface area contributed by atoms with Crippen molar-refractivity contribution in [1.29, 1.82) is 0 Å². The average molecular weight is 235 g/mol. The summed E-state index contributed by atoms with van der Waals surface area (Å²) in [5.41, 5.74) is 3.13. The summed E-state index contributed by atoms with van der Waals surface area (Å²) in [7, 11) is 0. The van der Waals surface area contributed by atoms with Gasteiger partial charge < -0.3 is 5.32 Å². The second-order valence-electron chi connectivity index (χ2n) is 6.18. The number of H-pyrrole nitrogens is 1. The third-order valence-electron chi connectivity index (χ3n) is 3.96. The van der Waals surface area contributed by atoms with Crippen LogP contribution in [0.15, 0.2) is 6.20 Å². The minimum absolute atomic E-state index is 0.554. The minimum Gasteiger partial charge on any atom is -0.314 e. The lowest BCUT2D eigenvalue weighted by molar-refractivity contribution is 0.364. The Morgan fingerprint density at radius 3 is 2.94 bits per heavy atom. The van der Waals surface area contributed by atoms with E-state index in [1.807, 2.05) is 6.20 Å². The van der Waals surface area contributed by atoms with Crippen LogP contribution in [-0.2, 0) is 6.42 Å². The highest BCUT2D eigenvalue weighted by molar-refractivity contribution is 5.14. The quantitative estimate of drug-likeness (QED) is 0.770. The van der Waals surface area contributed by atoms with E-state index in [1.165, 1.54) is 36.9 Å². The summed E-state index contributed by atoms with van der Waals surface area (Å²) in [5, 5.41) is 10.7. The zero-order valence-electron chi connectivity index (χ0n) is 11.3. The Balaban J connectivity index is 1.63. The molecule has 1 atom stereocenters. The Bertz CT molecular complexity index is 354. The van der Waals surface area contributed by atoms with Crippen LogP contribution in [-0.4, -0.2) is 22.8 Å². The van der Waals surface area contributed by atoms with Gasteiger partial charge in [0.2, 0.25) is 0 Å². The largest absolute Gasteiger partial charge is 0.314 e. The van der Waals surface area contributed by atoms with Crippen LogP contribution in [0.2, 0.25) is 0 Å². The third-order valence-corrected chi connectivity index (χ3v) is 3.96. The van der Waals surface area contributed by atoms with Crippen LogP contribution in [0, 0.1) is 12.3 Å². The fraction of sp³-hybridized carbons (Fsp3) is 0.786. The summed E-state index contributed by atoms with van der Waals surface area (Å²) in [6, 6.07) is 0.746. The van der Waals surface area contributed by atoms with Gasteiger partial charge in [-0.1, -0.05) is 13.8 Å². The van der Waals surface area contributed by atoms with Crippen molar-refractivity contribution in [2.45, 2.75) is 58.9 Å². The second-order valence-corrected chi connectivity index (χ2v) is 6.18. The number of rotatable bonds is 5. The van der Waals surface area contributed by atoms with Crippen LogP contribution in [0.3, 0.4) is 0 Å². The molecule has 1 heterocycles. The Kier molecular flexibility index (Phi) is 3.87. The molecule has 1 aromatic rings. The van der Waals surface area contributed by atoms with Crippen molar-refractivity contribution in [2.24, 2.45) is 5.41 Å². The number of hydrogen-bond donors (Lipinski definition) is 2. The first kappa shape index (κ1) is 12.6. The maximum Gasteiger partial charge on any atom is 0.0522 e. The lowest BCUT2D eigenvalue weighted by atomic mass is 9.92. The third kappa shape index (κ3) is 3.56. The standard InChI is InChI=1S/C14H25N3/c1-11-12(10-16-17-11)5-4-8-15-13-6-7-14(2,3)9-13/h10,13,15H,4-9H2,1-3H3,(H,16,17). The van der Waals surface area contributed by atoms with E-state index in [-0.39, 0.29) is 0 Å². The lowest BCUT2D eigenvalue weighted by Gasteiger charge is -2.17. The molecule has 0 bridgehead atoms. The fourth-order valence-corrected chi connectivity index (χ4v) is 2.82. The maximum absolute atomic E-state index is 4.05. The molecule has 1 unspecified atom stereocenters. The van der Waals surface area contributed by atoms with Crippen LogP contribution in [0.1, 0.15) is 50.8 Å². The van der Waals surface area contributed by atoms with Gasteiger partial charge in [0, 0.05) is 11.7 Å². The molecule has 1 aliphatic rings. The zero-order valence-corrected chi connectivity index (χ0v) is 11.3. The van der Waals surface area contributed by atoms with Crippen LogP contribution in [0.5, 0.6) is 0 Å². The van der Waals surface area contributed by atoms with Gasteiger partial charge in [0.15, 0.2) is 0 Å². The summed E-state index contributed by atoms with van der Waals surface area (Å²) in [5.74, 6) is 0. The molecule has 3 heteroatoms. The van der Waals surface area contributed by atoms with Crippen molar-refractivity contribution in [2.75, 3.05) is 6.54 Å². The van der Waals surface area contributed by atoms with Crippen molar-refractivity contribution in [3.8, 4) is 0 Å². The van der Waals surface area contributed by atoms with E-state index >= 15 is 0 Å². The average Bonchev–Trinajstić information content (AvgIpc) is 2.80. The van der Waals surface area contributed by atoms with Gasteiger partial charge in [-0.25, -0.2) is 0 Å². The van der Waals surface area contributed by atoms with E-state index in [0.29, 0.717) is 5.41 Å². The van der Waals surface area contributed by atoms with Crippen molar-refractivity contribution in [3.63, 3.8) is 0 Å². The molecule has 96 valence electrons. The van der Waals surface area contributed by atoms with Crippen LogP contribution < -0.4 is 5.32 Å². The SMILES string of the molecule is Cc1[nH]ncc1CCCNC1CCC(C)(C)C1. The second kappa shape index (κ2) is 5.21. The highest BCUT2D eigenvalue weighted by Crippen LogP contribution is 2.36. The fourth-order valence-electron chi connectivity index (χ4n) is 2.82. The summed E-state index contributed by atoms with van der Waals surface area (Å²) >= 11 is 0. The highest BCUT2D eigenvalue weighted by atomic mass is 15.1. The monoisotopic (exact) mass is 235 g/mol. The van der Waals surface area contributed by atoms with Gasteiger partial charge in [-0.3, -0.25) is 5.10 Å². The lowest BCUT2D eigenvalue weighted by Crippen LogP contribution is -2.28. The molecule has 17 heavy (non-hydrogen) atoms. The molecule has 2 N–H and O–H groups in total. The molecule has 1 aliphatic carbocycles. The van der Waals surface area contributed by atoms with Crippen molar-refractivity contribution in [3.05, 3.63) is 17.5 Å². The Morgan fingerprint density at radius 2 is 2.35 bits per heavy atom. The number of aryl methyl sites for hydroxylation is 2. The Morgan fingerprint density at radius 1 is 1.53 bits per heavy atom. The zero-order chi connectivity index (χ0) is 12.3.